The molecule has 27 heavy (non-hydrogen) atoms. The second kappa shape index (κ2) is 10.7. The first kappa shape index (κ1) is 20.2. The predicted molar refractivity (Wildman–Crippen MR) is 113 cm³/mol. The summed E-state index contributed by atoms with van der Waals surface area (Å²) in [5, 5.41) is 8.69. The molecule has 1 N–H and O–H groups in total. The summed E-state index contributed by atoms with van der Waals surface area (Å²) in [7, 11) is 0. The number of benzene rings is 1. The van der Waals surface area contributed by atoms with Crippen LogP contribution in [-0.2, 0) is 9.53 Å². The zero-order valence-electron chi connectivity index (χ0n) is 15.8. The first-order valence-corrected chi connectivity index (χ1v) is 11.2. The fourth-order valence-corrected chi connectivity index (χ4v) is 5.19. The fraction of sp³-hybridized carbons (Fsp3) is 0.522. The van der Waals surface area contributed by atoms with E-state index in [0.29, 0.717) is 24.0 Å². The van der Waals surface area contributed by atoms with Crippen molar-refractivity contribution in [3.8, 4) is 0 Å². The van der Waals surface area contributed by atoms with Gasteiger partial charge in [0.1, 0.15) is 0 Å². The standard InChI is InChI=1S/C23H30O3S/c24-23(25)13-7-2-1-6-12-19-20(22-15-14-21(19)26-22)17-27-16-8-11-18-9-4-3-5-10-18/h3-6,8-12,19-22H,1-2,7,13-17H2,(H,24,25)/b11-8?,12-6-/t19-,20+,21-,22+/m0/s1. The van der Waals surface area contributed by atoms with Crippen molar-refractivity contribution in [2.45, 2.75) is 50.7 Å². The van der Waals surface area contributed by atoms with Gasteiger partial charge in [-0.3, -0.25) is 4.79 Å². The zero-order valence-corrected chi connectivity index (χ0v) is 16.7. The molecule has 0 amide bonds. The molecule has 2 heterocycles. The molecular formula is C23H30O3S. The van der Waals surface area contributed by atoms with E-state index in [-0.39, 0.29) is 6.42 Å². The summed E-state index contributed by atoms with van der Waals surface area (Å²) in [6.07, 6.45) is 15.2. The maximum atomic E-state index is 10.6. The van der Waals surface area contributed by atoms with Crippen molar-refractivity contribution in [2.75, 3.05) is 11.5 Å². The van der Waals surface area contributed by atoms with E-state index in [1.807, 2.05) is 17.8 Å². The molecule has 2 aliphatic rings. The highest BCUT2D eigenvalue weighted by molar-refractivity contribution is 7.99. The minimum absolute atomic E-state index is 0.279. The van der Waals surface area contributed by atoms with Crippen molar-refractivity contribution >= 4 is 23.8 Å². The van der Waals surface area contributed by atoms with E-state index in [2.05, 4.69) is 48.6 Å². The van der Waals surface area contributed by atoms with Gasteiger partial charge in [0.15, 0.2) is 0 Å². The topological polar surface area (TPSA) is 46.5 Å². The smallest absolute Gasteiger partial charge is 0.303 e. The molecule has 0 aliphatic carbocycles. The van der Waals surface area contributed by atoms with Crippen LogP contribution in [0.25, 0.3) is 6.08 Å². The van der Waals surface area contributed by atoms with E-state index in [4.69, 9.17) is 9.84 Å². The number of aliphatic carboxylic acids is 1. The van der Waals surface area contributed by atoms with Crippen LogP contribution in [-0.4, -0.2) is 34.8 Å². The van der Waals surface area contributed by atoms with E-state index in [1.165, 1.54) is 18.4 Å². The average molecular weight is 387 g/mol. The van der Waals surface area contributed by atoms with Crippen LogP contribution in [0.3, 0.4) is 0 Å². The Kier molecular flexibility index (Phi) is 8.03. The van der Waals surface area contributed by atoms with Crippen molar-refractivity contribution < 1.29 is 14.6 Å². The summed E-state index contributed by atoms with van der Waals surface area (Å²) in [4.78, 5) is 10.6. The van der Waals surface area contributed by atoms with Crippen molar-refractivity contribution in [2.24, 2.45) is 11.8 Å². The maximum Gasteiger partial charge on any atom is 0.303 e. The SMILES string of the molecule is O=C(O)CCCC/C=C\[C@H]1[C@@H](CSCC=Cc2ccccc2)[C@H]2CC[C@@H]1O2. The number of hydrogen-bond donors (Lipinski definition) is 1. The minimum atomic E-state index is -0.695. The number of ether oxygens (including phenoxy) is 1. The summed E-state index contributed by atoms with van der Waals surface area (Å²) < 4.78 is 6.17. The molecule has 4 atom stereocenters. The molecule has 146 valence electrons. The number of carboxylic acid groups (broad SMARTS) is 1. The summed E-state index contributed by atoms with van der Waals surface area (Å²) in [5.41, 5.74) is 1.25. The summed E-state index contributed by atoms with van der Waals surface area (Å²) in [6, 6.07) is 10.4. The Balaban J connectivity index is 1.40. The number of unbranched alkanes of at least 4 members (excludes halogenated alkanes) is 2. The molecule has 0 unspecified atom stereocenters. The monoisotopic (exact) mass is 386 g/mol. The molecule has 0 radical (unpaired) electrons. The van der Waals surface area contributed by atoms with Gasteiger partial charge in [0.25, 0.3) is 0 Å². The number of fused-ring (bicyclic) bond motifs is 2. The van der Waals surface area contributed by atoms with E-state index >= 15 is 0 Å². The second-order valence-electron chi connectivity index (χ2n) is 7.45. The Morgan fingerprint density at radius 3 is 2.78 bits per heavy atom. The van der Waals surface area contributed by atoms with Gasteiger partial charge in [-0.15, -0.1) is 0 Å². The molecule has 2 saturated heterocycles. The Labute approximate surface area is 166 Å². The highest BCUT2D eigenvalue weighted by atomic mass is 32.2. The first-order chi connectivity index (χ1) is 13.2. The van der Waals surface area contributed by atoms with Crippen LogP contribution in [0.2, 0.25) is 0 Å². The van der Waals surface area contributed by atoms with Crippen LogP contribution >= 0.6 is 11.8 Å². The molecule has 2 fully saturated rings. The van der Waals surface area contributed by atoms with Crippen molar-refractivity contribution in [3.05, 3.63) is 54.1 Å². The molecule has 0 aromatic heterocycles. The number of thioether (sulfide) groups is 1. The summed E-state index contributed by atoms with van der Waals surface area (Å²) in [6.45, 7) is 0. The molecule has 2 bridgehead atoms. The normalized spacial score (nSPS) is 27.1. The first-order valence-electron chi connectivity index (χ1n) is 10.1. The van der Waals surface area contributed by atoms with Crippen LogP contribution in [0.4, 0.5) is 0 Å². The van der Waals surface area contributed by atoms with Gasteiger partial charge < -0.3 is 9.84 Å². The highest BCUT2D eigenvalue weighted by Crippen LogP contribution is 2.45. The number of hydrogen-bond acceptors (Lipinski definition) is 3. The van der Waals surface area contributed by atoms with Crippen molar-refractivity contribution in [3.63, 3.8) is 0 Å². The van der Waals surface area contributed by atoms with Gasteiger partial charge in [-0.25, -0.2) is 0 Å². The van der Waals surface area contributed by atoms with Gasteiger partial charge in [-0.05, 0) is 43.4 Å². The molecule has 1 aromatic rings. The van der Waals surface area contributed by atoms with Gasteiger partial charge in [0, 0.05) is 24.0 Å². The van der Waals surface area contributed by atoms with Gasteiger partial charge in [0.05, 0.1) is 12.2 Å². The quantitative estimate of drug-likeness (QED) is 0.407. The maximum absolute atomic E-state index is 10.6. The van der Waals surface area contributed by atoms with Crippen LogP contribution in [0.1, 0.15) is 44.1 Å². The minimum Gasteiger partial charge on any atom is -0.481 e. The summed E-state index contributed by atoms with van der Waals surface area (Å²) >= 11 is 2.00. The Morgan fingerprint density at radius 1 is 1.15 bits per heavy atom. The van der Waals surface area contributed by atoms with E-state index in [1.54, 1.807) is 0 Å². The highest BCUT2D eigenvalue weighted by Gasteiger charge is 2.47. The van der Waals surface area contributed by atoms with E-state index in [9.17, 15) is 4.79 Å². The van der Waals surface area contributed by atoms with Crippen molar-refractivity contribution in [1.29, 1.82) is 0 Å². The van der Waals surface area contributed by atoms with Crippen LogP contribution in [0.5, 0.6) is 0 Å². The lowest BCUT2D eigenvalue weighted by atomic mass is 9.80. The van der Waals surface area contributed by atoms with E-state index < -0.39 is 5.97 Å². The third-order valence-corrected chi connectivity index (χ3v) is 6.54. The van der Waals surface area contributed by atoms with Crippen molar-refractivity contribution in [1.82, 2.24) is 0 Å². The molecule has 0 spiro atoms. The fourth-order valence-electron chi connectivity index (χ4n) is 4.11. The largest absolute Gasteiger partial charge is 0.481 e. The molecular weight excluding hydrogens is 356 g/mol. The Morgan fingerprint density at radius 2 is 1.96 bits per heavy atom. The lowest BCUT2D eigenvalue weighted by molar-refractivity contribution is -0.137. The van der Waals surface area contributed by atoms with E-state index in [0.717, 1.165) is 30.8 Å². The van der Waals surface area contributed by atoms with Crippen LogP contribution < -0.4 is 0 Å². The molecule has 1 aromatic carbocycles. The molecule has 3 nitrogen and oxygen atoms in total. The van der Waals surface area contributed by atoms with Gasteiger partial charge in [-0.2, -0.15) is 11.8 Å². The zero-order chi connectivity index (χ0) is 18.9. The average Bonchev–Trinajstić information content (AvgIpc) is 3.27. The summed E-state index contributed by atoms with van der Waals surface area (Å²) in [5.74, 6) is 2.64. The molecule has 2 aliphatic heterocycles. The Hall–Kier alpha value is -1.52. The molecule has 3 rings (SSSR count). The molecule has 0 saturated carbocycles. The predicted octanol–water partition coefficient (Wildman–Crippen LogP) is 5.43. The number of rotatable bonds is 11. The number of carboxylic acids is 1. The van der Waals surface area contributed by atoms with Gasteiger partial charge in [0.2, 0.25) is 0 Å². The van der Waals surface area contributed by atoms with Gasteiger partial charge in [-0.1, -0.05) is 54.6 Å². The van der Waals surface area contributed by atoms with Crippen LogP contribution in [0.15, 0.2) is 48.6 Å². The van der Waals surface area contributed by atoms with Gasteiger partial charge >= 0.3 is 5.97 Å². The number of carbonyl (C=O) groups is 1. The molecule has 4 heteroatoms. The van der Waals surface area contributed by atoms with Crippen LogP contribution in [0, 0.1) is 11.8 Å². The third-order valence-electron chi connectivity index (χ3n) is 5.49. The number of allylic oxidation sites excluding steroid dienone is 1. The second-order valence-corrected chi connectivity index (χ2v) is 8.52. The Bertz CT molecular complexity index is 640. The lowest BCUT2D eigenvalue weighted by Crippen LogP contribution is -2.27. The lowest BCUT2D eigenvalue weighted by Gasteiger charge is -2.25. The third kappa shape index (κ3) is 6.25.